The molecule has 2 rings (SSSR count). The van der Waals surface area contributed by atoms with Crippen LogP contribution in [0.5, 0.6) is 0 Å². The van der Waals surface area contributed by atoms with Crippen LogP contribution in [0, 0.1) is 12.9 Å². The van der Waals surface area contributed by atoms with Gasteiger partial charge in [0.2, 0.25) is 5.95 Å². The lowest BCUT2D eigenvalue weighted by Gasteiger charge is -2.25. The number of carbonyl (C=O) groups excluding carboxylic acids is 1. The molecule has 1 amide bonds. The first kappa shape index (κ1) is 18.3. The van der Waals surface area contributed by atoms with E-state index >= 15 is 0 Å². The molecule has 0 saturated carbocycles. The Morgan fingerprint density at radius 3 is 2.50 bits per heavy atom. The molecule has 0 aliphatic heterocycles. The Kier molecular flexibility index (Phi) is 4.90. The number of aromatic nitrogens is 2. The predicted molar refractivity (Wildman–Crippen MR) is 86.9 cm³/mol. The molecule has 0 aromatic carbocycles. The van der Waals surface area contributed by atoms with E-state index in [9.17, 15) is 17.6 Å². The van der Waals surface area contributed by atoms with Gasteiger partial charge in [0.1, 0.15) is 10.5 Å². The fraction of sp³-hybridized carbons (Fsp3) is 0.357. The van der Waals surface area contributed by atoms with Gasteiger partial charge in [0, 0.05) is 5.38 Å². The topological polar surface area (TPSA) is 89.5 Å². The number of aryl methyl sites for hydroxylation is 1. The van der Waals surface area contributed by atoms with Crippen LogP contribution < -0.4 is 4.31 Å². The summed E-state index contributed by atoms with van der Waals surface area (Å²) in [6.07, 6.45) is -1.10. The van der Waals surface area contributed by atoms with Gasteiger partial charge in [-0.1, -0.05) is 0 Å². The number of amides is 1. The lowest BCUT2D eigenvalue weighted by atomic mass is 10.2. The van der Waals surface area contributed by atoms with E-state index in [0.29, 0.717) is 4.31 Å². The first-order valence-electron chi connectivity index (χ1n) is 6.82. The molecular weight excluding hydrogens is 357 g/mol. The highest BCUT2D eigenvalue weighted by Crippen LogP contribution is 2.27. The lowest BCUT2D eigenvalue weighted by Crippen LogP contribution is -2.41. The van der Waals surface area contributed by atoms with Gasteiger partial charge < -0.3 is 4.74 Å². The molecule has 0 N–H and O–H groups in total. The van der Waals surface area contributed by atoms with E-state index in [0.717, 1.165) is 23.5 Å². The van der Waals surface area contributed by atoms with E-state index in [-0.39, 0.29) is 16.4 Å². The van der Waals surface area contributed by atoms with E-state index in [1.165, 1.54) is 17.8 Å². The molecule has 0 saturated heterocycles. The second-order valence-electron chi connectivity index (χ2n) is 5.81. The summed E-state index contributed by atoms with van der Waals surface area (Å²) in [5.74, 6) is -0.915. The molecule has 2 aromatic heterocycles. The average Bonchev–Trinajstić information content (AvgIpc) is 2.89. The molecule has 2 heterocycles. The molecule has 0 bridgehead atoms. The molecule has 0 spiro atoms. The highest BCUT2D eigenvalue weighted by molar-refractivity contribution is 7.93. The van der Waals surface area contributed by atoms with Crippen molar-refractivity contribution in [1.29, 1.82) is 0 Å². The number of thiazole rings is 1. The molecule has 2 aromatic rings. The number of rotatable bonds is 3. The third-order valence-corrected chi connectivity index (χ3v) is 5.09. The van der Waals surface area contributed by atoms with E-state index in [4.69, 9.17) is 4.74 Å². The smallest absolute Gasteiger partial charge is 0.430 e. The maximum absolute atomic E-state index is 13.2. The second kappa shape index (κ2) is 6.44. The van der Waals surface area contributed by atoms with Gasteiger partial charge in [-0.25, -0.2) is 23.2 Å². The van der Waals surface area contributed by atoms with E-state index in [2.05, 4.69) is 9.97 Å². The van der Waals surface area contributed by atoms with Crippen molar-refractivity contribution < 1.29 is 22.3 Å². The molecule has 0 unspecified atom stereocenters. The number of pyridine rings is 1. The Hall–Kier alpha value is -2.07. The minimum absolute atomic E-state index is 0.0706. The minimum atomic E-state index is -4.37. The van der Waals surface area contributed by atoms with Crippen LogP contribution >= 0.6 is 11.3 Å². The largest absolute Gasteiger partial charge is 0.443 e. The highest BCUT2D eigenvalue weighted by atomic mass is 32.2. The number of anilines is 1. The van der Waals surface area contributed by atoms with Gasteiger partial charge in [0.15, 0.2) is 5.82 Å². The van der Waals surface area contributed by atoms with Crippen LogP contribution in [-0.2, 0) is 14.8 Å². The number of ether oxygens (including phenoxy) is 1. The molecule has 0 aliphatic rings. The molecule has 0 aliphatic carbocycles. The van der Waals surface area contributed by atoms with Crippen molar-refractivity contribution in [3.8, 4) is 0 Å². The zero-order chi connectivity index (χ0) is 18.1. The SMILES string of the molecule is Cc1nc(F)ccc1S(=O)(=O)N(C(=O)OC(C)(C)C)c1cscn1. The number of hydrogen-bond acceptors (Lipinski definition) is 7. The van der Waals surface area contributed by atoms with E-state index in [1.807, 2.05) is 0 Å². The number of sulfonamides is 1. The molecule has 7 nitrogen and oxygen atoms in total. The standard InChI is InChI=1S/C14H16FN3O4S2/c1-9-10(5-6-11(15)17-9)24(20,21)18(12-7-23-8-16-12)13(19)22-14(2,3)4/h5-8H,1-4H3. The van der Waals surface area contributed by atoms with Crippen molar-refractivity contribution in [3.05, 3.63) is 34.7 Å². The minimum Gasteiger partial charge on any atom is -0.443 e. The summed E-state index contributed by atoms with van der Waals surface area (Å²) in [6, 6.07) is 1.96. The fourth-order valence-electron chi connectivity index (χ4n) is 1.81. The Balaban J connectivity index is 2.56. The summed E-state index contributed by atoms with van der Waals surface area (Å²) in [7, 11) is -4.37. The lowest BCUT2D eigenvalue weighted by molar-refractivity contribution is 0.0608. The van der Waals surface area contributed by atoms with Crippen LogP contribution in [0.25, 0.3) is 0 Å². The monoisotopic (exact) mass is 373 g/mol. The molecule has 0 fully saturated rings. The number of nitrogens with zero attached hydrogens (tertiary/aromatic N) is 3. The van der Waals surface area contributed by atoms with Gasteiger partial charge in [-0.2, -0.15) is 4.39 Å². The zero-order valence-corrected chi connectivity index (χ0v) is 15.1. The van der Waals surface area contributed by atoms with Crippen LogP contribution in [0.2, 0.25) is 0 Å². The fourth-order valence-corrected chi connectivity index (χ4v) is 3.83. The summed E-state index contributed by atoms with van der Waals surface area (Å²) in [4.78, 5) is 19.5. The van der Waals surface area contributed by atoms with Crippen LogP contribution in [-0.4, -0.2) is 30.1 Å². The summed E-state index contributed by atoms with van der Waals surface area (Å²) in [5.41, 5.74) is 0.411. The van der Waals surface area contributed by atoms with Crippen molar-refractivity contribution in [2.45, 2.75) is 38.2 Å². The van der Waals surface area contributed by atoms with Crippen LogP contribution in [0.15, 0.2) is 27.9 Å². The van der Waals surface area contributed by atoms with Crippen LogP contribution in [0.3, 0.4) is 0 Å². The van der Waals surface area contributed by atoms with Crippen LogP contribution in [0.1, 0.15) is 26.5 Å². The third-order valence-electron chi connectivity index (χ3n) is 2.71. The van der Waals surface area contributed by atoms with Gasteiger partial charge in [-0.15, -0.1) is 15.6 Å². The molecule has 0 atom stereocenters. The average molecular weight is 373 g/mol. The van der Waals surface area contributed by atoms with Crippen molar-refractivity contribution >= 4 is 33.3 Å². The van der Waals surface area contributed by atoms with Gasteiger partial charge in [-0.3, -0.25) is 0 Å². The van der Waals surface area contributed by atoms with Crippen molar-refractivity contribution in [2.75, 3.05) is 4.31 Å². The summed E-state index contributed by atoms with van der Waals surface area (Å²) in [5, 5.41) is 1.40. The van der Waals surface area contributed by atoms with Gasteiger partial charge >= 0.3 is 6.09 Å². The predicted octanol–water partition coefficient (Wildman–Crippen LogP) is 3.12. The Morgan fingerprint density at radius 2 is 2.00 bits per heavy atom. The van der Waals surface area contributed by atoms with Gasteiger partial charge in [-0.05, 0) is 39.8 Å². The number of halogens is 1. The maximum atomic E-state index is 13.2. The number of carbonyl (C=O) groups is 1. The number of hydrogen-bond donors (Lipinski definition) is 0. The Bertz CT molecular complexity index is 845. The first-order valence-corrected chi connectivity index (χ1v) is 9.20. The van der Waals surface area contributed by atoms with Crippen molar-refractivity contribution in [1.82, 2.24) is 9.97 Å². The Morgan fingerprint density at radius 1 is 1.33 bits per heavy atom. The maximum Gasteiger partial charge on any atom is 0.430 e. The van der Waals surface area contributed by atoms with Crippen molar-refractivity contribution in [3.63, 3.8) is 0 Å². The molecular formula is C14H16FN3O4S2. The first-order chi connectivity index (χ1) is 11.0. The third kappa shape index (κ3) is 3.88. The normalized spacial score (nSPS) is 12.0. The second-order valence-corrected chi connectivity index (χ2v) is 8.29. The van der Waals surface area contributed by atoms with E-state index < -0.39 is 27.7 Å². The Labute approximate surface area is 143 Å². The summed E-state index contributed by atoms with van der Waals surface area (Å²) >= 11 is 1.12. The van der Waals surface area contributed by atoms with E-state index in [1.54, 1.807) is 20.8 Å². The molecule has 130 valence electrons. The van der Waals surface area contributed by atoms with Gasteiger partial charge in [0.05, 0.1) is 11.2 Å². The molecule has 10 heteroatoms. The highest BCUT2D eigenvalue weighted by Gasteiger charge is 2.37. The summed E-state index contributed by atoms with van der Waals surface area (Å²) < 4.78 is 44.6. The molecule has 0 radical (unpaired) electrons. The zero-order valence-electron chi connectivity index (χ0n) is 13.5. The summed E-state index contributed by atoms with van der Waals surface area (Å²) in [6.45, 7) is 6.18. The van der Waals surface area contributed by atoms with Gasteiger partial charge in [0.25, 0.3) is 10.0 Å². The van der Waals surface area contributed by atoms with Crippen LogP contribution in [0.4, 0.5) is 15.0 Å². The molecule has 24 heavy (non-hydrogen) atoms. The quantitative estimate of drug-likeness (QED) is 0.768. The van der Waals surface area contributed by atoms with Crippen molar-refractivity contribution in [2.24, 2.45) is 0 Å².